The molecule has 0 radical (unpaired) electrons. The molecule has 3 heteroatoms. The van der Waals surface area contributed by atoms with Crippen molar-refractivity contribution in [2.75, 3.05) is 0 Å². The number of aliphatic hydroxyl groups is 1. The number of fused-ring (bicyclic) bond motifs is 1. The fraction of sp³-hybridized carbons (Fsp3) is 0.182. The Hall–Kier alpha value is -1.19. The van der Waals surface area contributed by atoms with Gasteiger partial charge in [0.2, 0.25) is 0 Å². The molecule has 0 aliphatic heterocycles. The Morgan fingerprint density at radius 3 is 3.00 bits per heavy atom. The van der Waals surface area contributed by atoms with E-state index < -0.39 is 0 Å². The molecular weight excluding hydrogens is 196 g/mol. The van der Waals surface area contributed by atoms with Gasteiger partial charge in [-0.1, -0.05) is 6.07 Å². The Labute approximate surface area is 85.8 Å². The summed E-state index contributed by atoms with van der Waals surface area (Å²) >= 11 is 1.56. The van der Waals surface area contributed by atoms with Crippen LogP contribution in [0.3, 0.4) is 0 Å². The molecule has 0 spiro atoms. The van der Waals surface area contributed by atoms with Crippen LogP contribution in [0.5, 0.6) is 0 Å². The summed E-state index contributed by atoms with van der Waals surface area (Å²) in [6.45, 7) is 1.91. The quantitative estimate of drug-likeness (QED) is 0.766. The first-order valence-corrected chi connectivity index (χ1v) is 5.21. The molecule has 2 nitrogen and oxygen atoms in total. The molecule has 0 aliphatic rings. The van der Waals surface area contributed by atoms with Crippen LogP contribution in [0.4, 0.5) is 0 Å². The van der Waals surface area contributed by atoms with Gasteiger partial charge in [-0.05, 0) is 29.5 Å². The van der Waals surface area contributed by atoms with Gasteiger partial charge < -0.3 is 5.11 Å². The summed E-state index contributed by atoms with van der Waals surface area (Å²) in [7, 11) is 0. The number of carbonyl (C=O) groups excluding carboxylic acids is 1. The van der Waals surface area contributed by atoms with Crippen LogP contribution in [0.1, 0.15) is 21.5 Å². The molecule has 1 N–H and O–H groups in total. The van der Waals surface area contributed by atoms with Crippen molar-refractivity contribution in [1.82, 2.24) is 0 Å². The zero-order chi connectivity index (χ0) is 10.1. The lowest BCUT2D eigenvalue weighted by atomic mass is 10.0. The van der Waals surface area contributed by atoms with E-state index in [0.717, 1.165) is 33.1 Å². The van der Waals surface area contributed by atoms with Crippen molar-refractivity contribution in [3.8, 4) is 0 Å². The molecule has 0 aliphatic carbocycles. The molecule has 0 saturated carbocycles. The molecule has 1 heterocycles. The standard InChI is InChI=1S/C11H10O2S/c1-7-4-8(5-12)11-9(2-3-14-11)10(7)6-13/h2-4,6,12H,5H2,1H3. The van der Waals surface area contributed by atoms with E-state index in [2.05, 4.69) is 0 Å². The monoisotopic (exact) mass is 206 g/mol. The van der Waals surface area contributed by atoms with Gasteiger partial charge in [-0.15, -0.1) is 11.3 Å². The van der Waals surface area contributed by atoms with Crippen LogP contribution < -0.4 is 0 Å². The number of thiophene rings is 1. The van der Waals surface area contributed by atoms with E-state index in [0.29, 0.717) is 0 Å². The number of aryl methyl sites for hydroxylation is 1. The second kappa shape index (κ2) is 3.52. The van der Waals surface area contributed by atoms with Gasteiger partial charge in [0.25, 0.3) is 0 Å². The minimum atomic E-state index is 0.0248. The first-order chi connectivity index (χ1) is 6.77. The summed E-state index contributed by atoms with van der Waals surface area (Å²) in [4.78, 5) is 10.9. The zero-order valence-electron chi connectivity index (χ0n) is 7.78. The minimum absolute atomic E-state index is 0.0248. The van der Waals surface area contributed by atoms with E-state index in [-0.39, 0.29) is 6.61 Å². The molecule has 0 fully saturated rings. The number of hydrogen-bond acceptors (Lipinski definition) is 3. The second-order valence-corrected chi connectivity index (χ2v) is 4.12. The van der Waals surface area contributed by atoms with Crippen LogP contribution in [0.15, 0.2) is 17.5 Å². The third-order valence-electron chi connectivity index (χ3n) is 2.35. The number of hydrogen-bond donors (Lipinski definition) is 1. The lowest BCUT2D eigenvalue weighted by molar-refractivity contribution is 0.112. The highest BCUT2D eigenvalue weighted by Crippen LogP contribution is 2.29. The molecule has 14 heavy (non-hydrogen) atoms. The minimum Gasteiger partial charge on any atom is -0.392 e. The SMILES string of the molecule is Cc1cc(CO)c2sccc2c1C=O. The van der Waals surface area contributed by atoms with Crippen molar-refractivity contribution in [2.24, 2.45) is 0 Å². The first-order valence-electron chi connectivity index (χ1n) is 4.33. The zero-order valence-corrected chi connectivity index (χ0v) is 8.60. The average molecular weight is 206 g/mol. The average Bonchev–Trinajstić information content (AvgIpc) is 2.65. The van der Waals surface area contributed by atoms with Gasteiger partial charge in [-0.25, -0.2) is 0 Å². The highest BCUT2D eigenvalue weighted by molar-refractivity contribution is 7.17. The predicted octanol–water partition coefficient (Wildman–Crippen LogP) is 2.51. The van der Waals surface area contributed by atoms with Crippen molar-refractivity contribution in [3.05, 3.63) is 34.2 Å². The smallest absolute Gasteiger partial charge is 0.150 e. The Morgan fingerprint density at radius 1 is 1.57 bits per heavy atom. The van der Waals surface area contributed by atoms with Crippen LogP contribution >= 0.6 is 11.3 Å². The van der Waals surface area contributed by atoms with Crippen molar-refractivity contribution in [1.29, 1.82) is 0 Å². The van der Waals surface area contributed by atoms with Crippen LogP contribution in [0, 0.1) is 6.92 Å². The van der Waals surface area contributed by atoms with Gasteiger partial charge in [0.05, 0.1) is 6.61 Å². The summed E-state index contributed by atoms with van der Waals surface area (Å²) < 4.78 is 1.01. The van der Waals surface area contributed by atoms with Gasteiger partial charge in [0.1, 0.15) is 0 Å². The fourth-order valence-corrected chi connectivity index (χ4v) is 2.58. The molecule has 0 saturated heterocycles. The third-order valence-corrected chi connectivity index (χ3v) is 3.34. The molecule has 2 rings (SSSR count). The van der Waals surface area contributed by atoms with Crippen molar-refractivity contribution >= 4 is 27.7 Å². The molecule has 0 atom stereocenters. The van der Waals surface area contributed by atoms with E-state index in [1.54, 1.807) is 11.3 Å². The summed E-state index contributed by atoms with van der Waals surface area (Å²) in [5, 5.41) is 12.1. The summed E-state index contributed by atoms with van der Waals surface area (Å²) in [6.07, 6.45) is 0.880. The summed E-state index contributed by atoms with van der Waals surface area (Å²) in [6, 6.07) is 3.80. The van der Waals surface area contributed by atoms with E-state index in [1.165, 1.54) is 0 Å². The topological polar surface area (TPSA) is 37.3 Å². The van der Waals surface area contributed by atoms with Gasteiger partial charge in [0, 0.05) is 15.6 Å². The molecule has 0 bridgehead atoms. The number of benzene rings is 1. The van der Waals surface area contributed by atoms with Crippen LogP contribution in [-0.2, 0) is 6.61 Å². The maximum atomic E-state index is 10.9. The van der Waals surface area contributed by atoms with Crippen LogP contribution in [0.2, 0.25) is 0 Å². The molecule has 2 aromatic rings. The highest BCUT2D eigenvalue weighted by atomic mass is 32.1. The van der Waals surface area contributed by atoms with Crippen molar-refractivity contribution in [3.63, 3.8) is 0 Å². The molecule has 1 aromatic heterocycles. The summed E-state index contributed by atoms with van der Waals surface area (Å²) in [5.41, 5.74) is 2.56. The molecular formula is C11H10O2S. The molecule has 0 unspecified atom stereocenters. The Morgan fingerprint density at radius 2 is 2.36 bits per heavy atom. The normalized spacial score (nSPS) is 10.7. The maximum Gasteiger partial charge on any atom is 0.150 e. The van der Waals surface area contributed by atoms with Gasteiger partial charge in [-0.3, -0.25) is 4.79 Å². The fourth-order valence-electron chi connectivity index (χ4n) is 1.66. The first kappa shape index (κ1) is 9.37. The number of rotatable bonds is 2. The van der Waals surface area contributed by atoms with Gasteiger partial charge in [0.15, 0.2) is 6.29 Å². The second-order valence-electron chi connectivity index (χ2n) is 3.21. The van der Waals surface area contributed by atoms with Crippen LogP contribution in [-0.4, -0.2) is 11.4 Å². The van der Waals surface area contributed by atoms with E-state index >= 15 is 0 Å². The number of aliphatic hydroxyl groups excluding tert-OH is 1. The van der Waals surface area contributed by atoms with E-state index in [1.807, 2.05) is 24.4 Å². The molecule has 0 amide bonds. The third kappa shape index (κ3) is 1.25. The highest BCUT2D eigenvalue weighted by Gasteiger charge is 2.09. The predicted molar refractivity (Wildman–Crippen MR) is 57.9 cm³/mol. The molecule has 1 aromatic carbocycles. The lowest BCUT2D eigenvalue weighted by Gasteiger charge is -2.04. The van der Waals surface area contributed by atoms with Crippen molar-refractivity contribution in [2.45, 2.75) is 13.5 Å². The number of aldehydes is 1. The maximum absolute atomic E-state index is 10.9. The Kier molecular flexibility index (Phi) is 2.35. The Balaban J connectivity index is 2.88. The van der Waals surface area contributed by atoms with E-state index in [4.69, 9.17) is 5.11 Å². The number of carbonyl (C=O) groups is 1. The van der Waals surface area contributed by atoms with Crippen molar-refractivity contribution < 1.29 is 9.90 Å². The lowest BCUT2D eigenvalue weighted by Crippen LogP contribution is -1.92. The largest absolute Gasteiger partial charge is 0.392 e. The van der Waals surface area contributed by atoms with Gasteiger partial charge in [-0.2, -0.15) is 0 Å². The molecule has 72 valence electrons. The summed E-state index contributed by atoms with van der Waals surface area (Å²) in [5.74, 6) is 0. The van der Waals surface area contributed by atoms with Gasteiger partial charge >= 0.3 is 0 Å². The van der Waals surface area contributed by atoms with E-state index in [9.17, 15) is 4.79 Å². The Bertz CT molecular complexity index is 485. The van der Waals surface area contributed by atoms with Crippen LogP contribution in [0.25, 0.3) is 10.1 Å².